The van der Waals surface area contributed by atoms with Crippen molar-refractivity contribution in [3.8, 4) is 11.5 Å². The molecule has 1 aromatic rings. The smallest absolute Gasteiger partial charge is 0.251 e. The highest BCUT2D eigenvalue weighted by Crippen LogP contribution is 2.29. The quantitative estimate of drug-likeness (QED) is 0.723. The van der Waals surface area contributed by atoms with Gasteiger partial charge in [-0.05, 0) is 57.5 Å². The van der Waals surface area contributed by atoms with E-state index < -0.39 is 0 Å². The molecular weight excluding hydrogens is 292 g/mol. The maximum atomic E-state index is 12.4. The molecule has 0 spiro atoms. The molecule has 2 N–H and O–H groups in total. The first-order valence-electron chi connectivity index (χ1n) is 8.65. The van der Waals surface area contributed by atoms with Crippen molar-refractivity contribution in [1.82, 2.24) is 10.6 Å². The number of nitrogens with one attached hydrogen (secondary N) is 2. The number of piperidine rings is 1. The lowest BCUT2D eigenvalue weighted by molar-refractivity contribution is 0.0929. The molecule has 1 aliphatic rings. The Morgan fingerprint density at radius 1 is 1.22 bits per heavy atom. The minimum atomic E-state index is -0.0436. The molecule has 0 radical (unpaired) electrons. The molecule has 128 valence electrons. The fourth-order valence-electron chi connectivity index (χ4n) is 2.60. The highest BCUT2D eigenvalue weighted by atomic mass is 16.5. The van der Waals surface area contributed by atoms with E-state index >= 15 is 0 Å². The molecule has 0 aromatic heterocycles. The molecule has 1 aromatic carbocycles. The summed E-state index contributed by atoms with van der Waals surface area (Å²) in [4.78, 5) is 12.4. The molecule has 23 heavy (non-hydrogen) atoms. The third kappa shape index (κ3) is 5.43. The Hall–Kier alpha value is -1.75. The largest absolute Gasteiger partial charge is 0.490 e. The number of amides is 1. The van der Waals surface area contributed by atoms with Gasteiger partial charge in [0.2, 0.25) is 0 Å². The second-order valence-corrected chi connectivity index (χ2v) is 5.79. The summed E-state index contributed by atoms with van der Waals surface area (Å²) in [7, 11) is 0. The number of rotatable bonds is 8. The summed E-state index contributed by atoms with van der Waals surface area (Å²) >= 11 is 0. The van der Waals surface area contributed by atoms with Gasteiger partial charge in [-0.1, -0.05) is 13.3 Å². The molecule has 0 unspecified atom stereocenters. The molecule has 0 saturated carbocycles. The minimum absolute atomic E-state index is 0.0436. The van der Waals surface area contributed by atoms with Gasteiger partial charge in [0.1, 0.15) is 0 Å². The van der Waals surface area contributed by atoms with Crippen LogP contribution in [0.4, 0.5) is 0 Å². The van der Waals surface area contributed by atoms with E-state index in [1.165, 1.54) is 0 Å². The van der Waals surface area contributed by atoms with Crippen LogP contribution in [0.25, 0.3) is 0 Å². The maximum absolute atomic E-state index is 12.4. The Morgan fingerprint density at radius 3 is 2.70 bits per heavy atom. The van der Waals surface area contributed by atoms with Gasteiger partial charge in [-0.2, -0.15) is 0 Å². The lowest BCUT2D eigenvalue weighted by Gasteiger charge is -2.23. The van der Waals surface area contributed by atoms with Gasteiger partial charge in [0.05, 0.1) is 13.2 Å². The first-order chi connectivity index (χ1) is 11.2. The summed E-state index contributed by atoms with van der Waals surface area (Å²) in [6.45, 7) is 7.18. The zero-order chi connectivity index (χ0) is 16.5. The number of hydrogen-bond donors (Lipinski definition) is 2. The van der Waals surface area contributed by atoms with Crippen molar-refractivity contribution >= 4 is 5.91 Å². The molecule has 0 atom stereocenters. The van der Waals surface area contributed by atoms with Crippen LogP contribution in [0.1, 0.15) is 49.9 Å². The van der Waals surface area contributed by atoms with E-state index in [0.29, 0.717) is 30.3 Å². The lowest BCUT2D eigenvalue weighted by Crippen LogP contribution is -2.42. The van der Waals surface area contributed by atoms with E-state index in [1.54, 1.807) is 12.1 Å². The molecular formula is C18H28N2O3. The van der Waals surface area contributed by atoms with E-state index in [4.69, 9.17) is 9.47 Å². The fourth-order valence-corrected chi connectivity index (χ4v) is 2.60. The summed E-state index contributed by atoms with van der Waals surface area (Å²) in [5.41, 5.74) is 0.620. The van der Waals surface area contributed by atoms with Crippen LogP contribution < -0.4 is 20.1 Å². The summed E-state index contributed by atoms with van der Waals surface area (Å²) in [5, 5.41) is 6.40. The van der Waals surface area contributed by atoms with Crippen LogP contribution >= 0.6 is 0 Å². The Labute approximate surface area is 138 Å². The van der Waals surface area contributed by atoms with Crippen molar-refractivity contribution in [1.29, 1.82) is 0 Å². The molecule has 1 amide bonds. The van der Waals surface area contributed by atoms with E-state index in [1.807, 2.05) is 13.0 Å². The summed E-state index contributed by atoms with van der Waals surface area (Å²) in [5.74, 6) is 1.30. The molecule has 0 bridgehead atoms. The maximum Gasteiger partial charge on any atom is 0.251 e. The van der Waals surface area contributed by atoms with Crippen LogP contribution in [0.2, 0.25) is 0 Å². The first-order valence-corrected chi connectivity index (χ1v) is 8.65. The number of carbonyl (C=O) groups excluding carboxylic acids is 1. The second kappa shape index (κ2) is 9.40. The van der Waals surface area contributed by atoms with E-state index in [-0.39, 0.29) is 11.9 Å². The fraction of sp³-hybridized carbons (Fsp3) is 0.611. The highest BCUT2D eigenvalue weighted by molar-refractivity contribution is 5.95. The van der Waals surface area contributed by atoms with Crippen molar-refractivity contribution < 1.29 is 14.3 Å². The van der Waals surface area contributed by atoms with Crippen LogP contribution in [-0.2, 0) is 0 Å². The summed E-state index contributed by atoms with van der Waals surface area (Å²) < 4.78 is 11.4. The zero-order valence-corrected chi connectivity index (χ0v) is 14.2. The number of ether oxygens (including phenoxy) is 2. The number of unbranched alkanes of at least 4 members (excludes halogenated alkanes) is 1. The van der Waals surface area contributed by atoms with Gasteiger partial charge in [0.15, 0.2) is 11.5 Å². The standard InChI is InChI=1S/C18H28N2O3/c1-3-5-12-23-16-7-6-14(13-17(16)22-4-2)18(21)20-15-8-10-19-11-9-15/h6-7,13,15,19H,3-5,8-12H2,1-2H3,(H,20,21). The first kappa shape index (κ1) is 17.6. The molecule has 1 saturated heterocycles. The Morgan fingerprint density at radius 2 is 2.00 bits per heavy atom. The molecule has 2 rings (SSSR count). The van der Waals surface area contributed by atoms with Crippen LogP contribution in [0, 0.1) is 0 Å². The van der Waals surface area contributed by atoms with Crippen LogP contribution in [0.3, 0.4) is 0 Å². The average molecular weight is 320 g/mol. The predicted octanol–water partition coefficient (Wildman–Crippen LogP) is 2.75. The van der Waals surface area contributed by atoms with Crippen molar-refractivity contribution in [3.63, 3.8) is 0 Å². The zero-order valence-electron chi connectivity index (χ0n) is 14.2. The van der Waals surface area contributed by atoms with Gasteiger partial charge in [-0.25, -0.2) is 0 Å². The topological polar surface area (TPSA) is 59.6 Å². The van der Waals surface area contributed by atoms with Crippen LogP contribution in [0.15, 0.2) is 18.2 Å². The molecule has 0 aliphatic carbocycles. The summed E-state index contributed by atoms with van der Waals surface area (Å²) in [6, 6.07) is 5.67. The van der Waals surface area contributed by atoms with Crippen LogP contribution in [-0.4, -0.2) is 38.3 Å². The van der Waals surface area contributed by atoms with Gasteiger partial charge in [0.25, 0.3) is 5.91 Å². The van der Waals surface area contributed by atoms with E-state index in [9.17, 15) is 4.79 Å². The normalized spacial score (nSPS) is 15.2. The SMILES string of the molecule is CCCCOc1ccc(C(=O)NC2CCNCC2)cc1OCC. The summed E-state index contributed by atoms with van der Waals surface area (Å²) in [6.07, 6.45) is 4.04. The average Bonchev–Trinajstić information content (AvgIpc) is 2.57. The van der Waals surface area contributed by atoms with Crippen molar-refractivity contribution in [2.45, 2.75) is 45.6 Å². The second-order valence-electron chi connectivity index (χ2n) is 5.79. The Balaban J connectivity index is 2.02. The monoisotopic (exact) mass is 320 g/mol. The molecule has 1 fully saturated rings. The van der Waals surface area contributed by atoms with Gasteiger partial charge in [0, 0.05) is 11.6 Å². The van der Waals surface area contributed by atoms with Crippen LogP contribution in [0.5, 0.6) is 11.5 Å². The molecule has 1 heterocycles. The number of hydrogen-bond acceptors (Lipinski definition) is 4. The van der Waals surface area contributed by atoms with Gasteiger partial charge < -0.3 is 20.1 Å². The van der Waals surface area contributed by atoms with E-state index in [0.717, 1.165) is 38.8 Å². The van der Waals surface area contributed by atoms with Crippen molar-refractivity contribution in [2.75, 3.05) is 26.3 Å². The minimum Gasteiger partial charge on any atom is -0.490 e. The van der Waals surface area contributed by atoms with Crippen molar-refractivity contribution in [2.24, 2.45) is 0 Å². The molecule has 5 heteroatoms. The number of carbonyl (C=O) groups is 1. The molecule has 1 aliphatic heterocycles. The van der Waals surface area contributed by atoms with Gasteiger partial charge >= 0.3 is 0 Å². The lowest BCUT2D eigenvalue weighted by atomic mass is 10.1. The third-order valence-electron chi connectivity index (χ3n) is 3.94. The highest BCUT2D eigenvalue weighted by Gasteiger charge is 2.17. The number of benzene rings is 1. The predicted molar refractivity (Wildman–Crippen MR) is 91.4 cm³/mol. The van der Waals surface area contributed by atoms with Crippen molar-refractivity contribution in [3.05, 3.63) is 23.8 Å². The van der Waals surface area contributed by atoms with E-state index in [2.05, 4.69) is 17.6 Å². The van der Waals surface area contributed by atoms with Gasteiger partial charge in [-0.3, -0.25) is 4.79 Å². The van der Waals surface area contributed by atoms with Gasteiger partial charge in [-0.15, -0.1) is 0 Å². The Kier molecular flexibility index (Phi) is 7.20. The third-order valence-corrected chi connectivity index (χ3v) is 3.94. The Bertz CT molecular complexity index is 499. The molecule has 5 nitrogen and oxygen atoms in total.